The summed E-state index contributed by atoms with van der Waals surface area (Å²) in [5.74, 6) is 0.268. The van der Waals surface area contributed by atoms with E-state index in [1.165, 1.54) is 12.1 Å². The van der Waals surface area contributed by atoms with Crippen LogP contribution in [-0.2, 0) is 0 Å². The number of halogens is 2. The predicted octanol–water partition coefficient (Wildman–Crippen LogP) is 4.22. The van der Waals surface area contributed by atoms with E-state index in [0.29, 0.717) is 22.2 Å². The number of rotatable bonds is 2. The molecule has 0 spiro atoms. The van der Waals surface area contributed by atoms with E-state index >= 15 is 0 Å². The molecule has 1 aliphatic rings. The second kappa shape index (κ2) is 6.62. The van der Waals surface area contributed by atoms with Crippen molar-refractivity contribution in [1.29, 1.82) is 0 Å². The van der Waals surface area contributed by atoms with Gasteiger partial charge in [-0.2, -0.15) is 5.10 Å². The maximum absolute atomic E-state index is 13.4. The summed E-state index contributed by atoms with van der Waals surface area (Å²) in [6.45, 7) is 0. The van der Waals surface area contributed by atoms with Crippen molar-refractivity contribution in [1.82, 2.24) is 5.43 Å². The number of carbonyl (C=O) groups excluding carboxylic acids is 1. The zero-order valence-electron chi connectivity index (χ0n) is 11.5. The molecule has 0 unspecified atom stereocenters. The van der Waals surface area contributed by atoms with Gasteiger partial charge < -0.3 is 0 Å². The summed E-state index contributed by atoms with van der Waals surface area (Å²) >= 11 is 5.00. The van der Waals surface area contributed by atoms with Gasteiger partial charge in [0, 0.05) is 27.1 Å². The summed E-state index contributed by atoms with van der Waals surface area (Å²) in [5.41, 5.74) is 4.52. The van der Waals surface area contributed by atoms with Crippen molar-refractivity contribution in [3.05, 3.63) is 63.9 Å². The van der Waals surface area contributed by atoms with Crippen molar-refractivity contribution < 1.29 is 9.18 Å². The fraction of sp³-hybridized carbons (Fsp3) is 0.125. The molecule has 1 aliphatic heterocycles. The van der Waals surface area contributed by atoms with Gasteiger partial charge in [-0.15, -0.1) is 11.8 Å². The molecule has 0 saturated heterocycles. The third-order valence-electron chi connectivity index (χ3n) is 3.26. The van der Waals surface area contributed by atoms with Crippen LogP contribution in [0.5, 0.6) is 0 Å². The van der Waals surface area contributed by atoms with Crippen LogP contribution in [-0.4, -0.2) is 17.4 Å². The van der Waals surface area contributed by atoms with Crippen LogP contribution in [0.25, 0.3) is 0 Å². The Morgan fingerprint density at radius 2 is 2.09 bits per heavy atom. The molecule has 1 amide bonds. The Kier molecular flexibility index (Phi) is 4.59. The van der Waals surface area contributed by atoms with Crippen molar-refractivity contribution in [3.8, 4) is 0 Å². The standard InChI is InChI=1S/C16H12BrFN2OS/c17-13-4-2-1-3-11(13)16(21)20-19-14-7-8-22-15-6-5-10(18)9-12(14)15/h1-6,9H,7-8H2,(H,20,21)/b19-14-. The summed E-state index contributed by atoms with van der Waals surface area (Å²) in [7, 11) is 0. The fourth-order valence-electron chi connectivity index (χ4n) is 2.19. The molecule has 22 heavy (non-hydrogen) atoms. The summed E-state index contributed by atoms with van der Waals surface area (Å²) in [6.07, 6.45) is 0.692. The number of thioether (sulfide) groups is 1. The van der Waals surface area contributed by atoms with Gasteiger partial charge in [0.05, 0.1) is 11.3 Å². The third kappa shape index (κ3) is 3.23. The summed E-state index contributed by atoms with van der Waals surface area (Å²) in [5, 5.41) is 4.20. The third-order valence-corrected chi connectivity index (χ3v) is 5.03. The quantitative estimate of drug-likeness (QED) is 0.794. The number of hydrogen-bond donors (Lipinski definition) is 1. The number of benzene rings is 2. The van der Waals surface area contributed by atoms with Gasteiger partial charge >= 0.3 is 0 Å². The molecule has 0 bridgehead atoms. The fourth-order valence-corrected chi connectivity index (χ4v) is 3.66. The highest BCUT2D eigenvalue weighted by Gasteiger charge is 2.17. The van der Waals surface area contributed by atoms with E-state index in [1.807, 2.05) is 6.07 Å². The number of nitrogens with zero attached hydrogens (tertiary/aromatic N) is 1. The van der Waals surface area contributed by atoms with Crippen molar-refractivity contribution in [2.75, 3.05) is 5.75 Å². The lowest BCUT2D eigenvalue weighted by Gasteiger charge is -2.17. The molecule has 3 rings (SSSR count). The highest BCUT2D eigenvalue weighted by molar-refractivity contribution is 9.10. The lowest BCUT2D eigenvalue weighted by Crippen LogP contribution is -2.22. The Bertz CT molecular complexity index is 764. The molecule has 3 nitrogen and oxygen atoms in total. The normalized spacial score (nSPS) is 15.5. The molecule has 1 heterocycles. The van der Waals surface area contributed by atoms with Gasteiger partial charge in [-0.25, -0.2) is 9.82 Å². The molecule has 0 fully saturated rings. The van der Waals surface area contributed by atoms with Crippen LogP contribution < -0.4 is 5.43 Å². The van der Waals surface area contributed by atoms with Gasteiger partial charge in [-0.05, 0) is 46.3 Å². The van der Waals surface area contributed by atoms with E-state index in [9.17, 15) is 9.18 Å². The van der Waals surface area contributed by atoms with E-state index in [4.69, 9.17) is 0 Å². The first-order valence-electron chi connectivity index (χ1n) is 6.69. The Morgan fingerprint density at radius 1 is 1.27 bits per heavy atom. The number of nitrogens with one attached hydrogen (secondary N) is 1. The van der Waals surface area contributed by atoms with E-state index in [2.05, 4.69) is 26.5 Å². The number of fused-ring (bicyclic) bond motifs is 1. The lowest BCUT2D eigenvalue weighted by molar-refractivity contribution is 0.0954. The molecular formula is C16H12BrFN2OS. The van der Waals surface area contributed by atoms with Crippen LogP contribution in [0.1, 0.15) is 22.3 Å². The zero-order valence-corrected chi connectivity index (χ0v) is 13.9. The summed E-state index contributed by atoms with van der Waals surface area (Å²) in [6, 6.07) is 11.8. The molecule has 2 aromatic rings. The van der Waals surface area contributed by atoms with Crippen molar-refractivity contribution >= 4 is 39.3 Å². The maximum atomic E-state index is 13.4. The Hall–Kier alpha value is -1.66. The van der Waals surface area contributed by atoms with Crippen molar-refractivity contribution in [2.24, 2.45) is 5.10 Å². The highest BCUT2D eigenvalue weighted by atomic mass is 79.9. The number of amides is 1. The molecular weight excluding hydrogens is 367 g/mol. The van der Waals surface area contributed by atoms with Crippen molar-refractivity contribution in [2.45, 2.75) is 11.3 Å². The van der Waals surface area contributed by atoms with Gasteiger partial charge in [0.2, 0.25) is 0 Å². The minimum atomic E-state index is -0.300. The molecule has 2 aromatic carbocycles. The average molecular weight is 379 g/mol. The van der Waals surface area contributed by atoms with Crippen LogP contribution in [0.3, 0.4) is 0 Å². The van der Waals surface area contributed by atoms with E-state index < -0.39 is 0 Å². The first kappa shape index (κ1) is 15.2. The van der Waals surface area contributed by atoms with Crippen LogP contribution in [0.2, 0.25) is 0 Å². The van der Waals surface area contributed by atoms with Gasteiger partial charge in [0.25, 0.3) is 5.91 Å². The minimum absolute atomic E-state index is 0.295. The minimum Gasteiger partial charge on any atom is -0.267 e. The van der Waals surface area contributed by atoms with Crippen molar-refractivity contribution in [3.63, 3.8) is 0 Å². The van der Waals surface area contributed by atoms with E-state index in [1.54, 1.807) is 36.0 Å². The first-order chi connectivity index (χ1) is 10.6. The average Bonchev–Trinajstić information content (AvgIpc) is 2.53. The largest absolute Gasteiger partial charge is 0.272 e. The van der Waals surface area contributed by atoms with E-state index in [-0.39, 0.29) is 11.7 Å². The molecule has 0 atom stereocenters. The Morgan fingerprint density at radius 3 is 2.91 bits per heavy atom. The van der Waals surface area contributed by atoms with Gasteiger partial charge in [0.1, 0.15) is 5.82 Å². The van der Waals surface area contributed by atoms with Crippen LogP contribution in [0, 0.1) is 5.82 Å². The molecule has 6 heteroatoms. The van der Waals surface area contributed by atoms with Gasteiger partial charge in [0.15, 0.2) is 0 Å². The number of hydrogen-bond acceptors (Lipinski definition) is 3. The smallest absolute Gasteiger partial charge is 0.267 e. The molecule has 0 aliphatic carbocycles. The molecule has 112 valence electrons. The highest BCUT2D eigenvalue weighted by Crippen LogP contribution is 2.30. The van der Waals surface area contributed by atoms with E-state index in [0.717, 1.165) is 16.2 Å². The van der Waals surface area contributed by atoms with Gasteiger partial charge in [-0.1, -0.05) is 12.1 Å². The topological polar surface area (TPSA) is 41.5 Å². The second-order valence-electron chi connectivity index (χ2n) is 4.72. The van der Waals surface area contributed by atoms with Crippen LogP contribution in [0.4, 0.5) is 4.39 Å². The van der Waals surface area contributed by atoms with Gasteiger partial charge in [-0.3, -0.25) is 4.79 Å². The zero-order chi connectivity index (χ0) is 15.5. The Labute approximate surface area is 140 Å². The molecule has 0 aromatic heterocycles. The van der Waals surface area contributed by atoms with Crippen LogP contribution >= 0.6 is 27.7 Å². The predicted molar refractivity (Wildman–Crippen MR) is 89.9 cm³/mol. The monoisotopic (exact) mass is 378 g/mol. The molecule has 1 N–H and O–H groups in total. The maximum Gasteiger partial charge on any atom is 0.272 e. The molecule has 0 radical (unpaired) electrons. The van der Waals surface area contributed by atoms with Crippen LogP contribution in [0.15, 0.2) is 56.9 Å². The first-order valence-corrected chi connectivity index (χ1v) is 8.47. The summed E-state index contributed by atoms with van der Waals surface area (Å²) < 4.78 is 14.1. The summed E-state index contributed by atoms with van der Waals surface area (Å²) in [4.78, 5) is 13.1. The number of hydrazone groups is 1. The second-order valence-corrected chi connectivity index (χ2v) is 6.71. The number of carbonyl (C=O) groups is 1. The SMILES string of the molecule is O=C(N/N=C1/CCSc2ccc(F)cc21)c1ccccc1Br. The molecule has 0 saturated carbocycles. The lowest BCUT2D eigenvalue weighted by atomic mass is 10.1. The Balaban J connectivity index is 1.84.